The van der Waals surface area contributed by atoms with Crippen LogP contribution in [-0.4, -0.2) is 21.4 Å². The SMILES string of the molecule is COC(=O)c1ccc(CO[Si](C)(C)C(C)(C)C)c(Br)c1. The molecule has 0 amide bonds. The highest BCUT2D eigenvalue weighted by atomic mass is 79.9. The highest BCUT2D eigenvalue weighted by molar-refractivity contribution is 9.10. The van der Waals surface area contributed by atoms with Gasteiger partial charge in [-0.15, -0.1) is 0 Å². The first-order chi connectivity index (χ1) is 9.08. The summed E-state index contributed by atoms with van der Waals surface area (Å²) in [5.74, 6) is -0.331. The van der Waals surface area contributed by atoms with E-state index in [9.17, 15) is 4.79 Å². The van der Waals surface area contributed by atoms with Crippen LogP contribution in [0.25, 0.3) is 0 Å². The number of carbonyl (C=O) groups is 1. The van der Waals surface area contributed by atoms with Crippen molar-refractivity contribution in [2.45, 2.75) is 45.5 Å². The Morgan fingerprint density at radius 1 is 1.30 bits per heavy atom. The number of rotatable bonds is 4. The zero-order chi connectivity index (χ0) is 15.6. The van der Waals surface area contributed by atoms with E-state index in [4.69, 9.17) is 9.16 Å². The molecule has 0 aromatic heterocycles. The van der Waals surface area contributed by atoms with E-state index in [0.717, 1.165) is 10.0 Å². The summed E-state index contributed by atoms with van der Waals surface area (Å²) in [5.41, 5.74) is 1.58. The molecule has 0 N–H and O–H groups in total. The Morgan fingerprint density at radius 2 is 1.90 bits per heavy atom. The summed E-state index contributed by atoms with van der Waals surface area (Å²) in [6.07, 6.45) is 0. The van der Waals surface area contributed by atoms with Gasteiger partial charge in [0.05, 0.1) is 19.3 Å². The summed E-state index contributed by atoms with van der Waals surface area (Å²) >= 11 is 3.49. The molecular weight excluding hydrogens is 336 g/mol. The van der Waals surface area contributed by atoms with Crippen LogP contribution in [-0.2, 0) is 15.8 Å². The van der Waals surface area contributed by atoms with Gasteiger partial charge in [0.1, 0.15) is 0 Å². The maximum Gasteiger partial charge on any atom is 0.337 e. The second-order valence-electron chi connectivity index (χ2n) is 6.35. The summed E-state index contributed by atoms with van der Waals surface area (Å²) in [6.45, 7) is 11.7. The van der Waals surface area contributed by atoms with E-state index in [1.54, 1.807) is 12.1 Å². The number of carbonyl (C=O) groups excluding carboxylic acids is 1. The van der Waals surface area contributed by atoms with Crippen molar-refractivity contribution >= 4 is 30.2 Å². The number of methoxy groups -OCH3 is 1. The van der Waals surface area contributed by atoms with Gasteiger partial charge in [-0.05, 0) is 35.8 Å². The van der Waals surface area contributed by atoms with Crippen LogP contribution in [0.2, 0.25) is 18.1 Å². The van der Waals surface area contributed by atoms with Gasteiger partial charge in [-0.3, -0.25) is 0 Å². The highest BCUT2D eigenvalue weighted by Gasteiger charge is 2.37. The lowest BCUT2D eigenvalue weighted by molar-refractivity contribution is 0.0600. The maximum atomic E-state index is 11.5. The third kappa shape index (κ3) is 4.17. The van der Waals surface area contributed by atoms with E-state index < -0.39 is 8.32 Å². The average molecular weight is 359 g/mol. The van der Waals surface area contributed by atoms with Gasteiger partial charge in [0.15, 0.2) is 8.32 Å². The van der Waals surface area contributed by atoms with Gasteiger partial charge in [0, 0.05) is 4.47 Å². The van der Waals surface area contributed by atoms with Crippen molar-refractivity contribution in [1.29, 1.82) is 0 Å². The van der Waals surface area contributed by atoms with Crippen molar-refractivity contribution in [2.24, 2.45) is 0 Å². The van der Waals surface area contributed by atoms with Crippen molar-refractivity contribution in [3.8, 4) is 0 Å². The molecule has 1 aromatic rings. The normalized spacial score (nSPS) is 12.3. The Kier molecular flexibility index (Phi) is 5.58. The first kappa shape index (κ1) is 17.4. The van der Waals surface area contributed by atoms with Gasteiger partial charge in [-0.1, -0.05) is 42.8 Å². The van der Waals surface area contributed by atoms with Crippen molar-refractivity contribution < 1.29 is 14.0 Å². The van der Waals surface area contributed by atoms with Crippen molar-refractivity contribution in [1.82, 2.24) is 0 Å². The van der Waals surface area contributed by atoms with Crippen LogP contribution in [0.1, 0.15) is 36.7 Å². The topological polar surface area (TPSA) is 35.5 Å². The number of halogens is 1. The van der Waals surface area contributed by atoms with E-state index in [1.165, 1.54) is 7.11 Å². The van der Waals surface area contributed by atoms with Crippen LogP contribution < -0.4 is 0 Å². The minimum atomic E-state index is -1.77. The molecule has 0 saturated carbocycles. The minimum Gasteiger partial charge on any atom is -0.465 e. The number of hydrogen-bond donors (Lipinski definition) is 0. The Hall–Kier alpha value is -0.653. The highest BCUT2D eigenvalue weighted by Crippen LogP contribution is 2.37. The summed E-state index contributed by atoms with van der Waals surface area (Å²) in [4.78, 5) is 11.5. The standard InChI is InChI=1S/C15H23BrO3Si/c1-15(2,3)20(5,6)19-10-12-8-7-11(9-13(12)16)14(17)18-4/h7-9H,10H2,1-6H3. The third-order valence-corrected chi connectivity index (χ3v) is 9.09. The van der Waals surface area contributed by atoms with Crippen molar-refractivity contribution in [3.05, 3.63) is 33.8 Å². The van der Waals surface area contributed by atoms with Crippen LogP contribution in [0.3, 0.4) is 0 Å². The zero-order valence-corrected chi connectivity index (χ0v) is 15.6. The molecule has 0 fully saturated rings. The summed E-state index contributed by atoms with van der Waals surface area (Å²) < 4.78 is 11.8. The number of esters is 1. The third-order valence-electron chi connectivity index (χ3n) is 3.87. The Labute approximate surface area is 130 Å². The molecule has 0 atom stereocenters. The molecule has 0 spiro atoms. The molecule has 0 radical (unpaired) electrons. The van der Waals surface area contributed by atoms with Gasteiger partial charge in [0.2, 0.25) is 0 Å². The predicted molar refractivity (Wildman–Crippen MR) is 87.5 cm³/mol. The van der Waals surface area contributed by atoms with E-state index in [2.05, 4.69) is 49.8 Å². The zero-order valence-electron chi connectivity index (χ0n) is 13.0. The van der Waals surface area contributed by atoms with Gasteiger partial charge < -0.3 is 9.16 Å². The molecule has 5 heteroatoms. The summed E-state index contributed by atoms with van der Waals surface area (Å²) in [5, 5.41) is 0.186. The average Bonchev–Trinajstić information content (AvgIpc) is 2.35. The maximum absolute atomic E-state index is 11.5. The fourth-order valence-electron chi connectivity index (χ4n) is 1.38. The molecule has 0 aliphatic carbocycles. The van der Waals surface area contributed by atoms with E-state index >= 15 is 0 Å². The van der Waals surface area contributed by atoms with Crippen LogP contribution in [0.5, 0.6) is 0 Å². The van der Waals surface area contributed by atoms with E-state index in [1.807, 2.05) is 6.07 Å². The first-order valence-electron chi connectivity index (χ1n) is 6.59. The minimum absolute atomic E-state index is 0.186. The van der Waals surface area contributed by atoms with Gasteiger partial charge in [-0.2, -0.15) is 0 Å². The molecule has 0 aliphatic rings. The predicted octanol–water partition coefficient (Wildman–Crippen LogP) is 4.76. The monoisotopic (exact) mass is 358 g/mol. The molecule has 1 aromatic carbocycles. The first-order valence-corrected chi connectivity index (χ1v) is 10.3. The number of hydrogen-bond acceptors (Lipinski definition) is 3. The summed E-state index contributed by atoms with van der Waals surface area (Å²) in [7, 11) is -0.386. The quantitative estimate of drug-likeness (QED) is 0.574. The second-order valence-corrected chi connectivity index (χ2v) is 12.0. The molecule has 0 aliphatic heterocycles. The van der Waals surface area contributed by atoms with Crippen LogP contribution in [0.4, 0.5) is 0 Å². The Morgan fingerprint density at radius 3 is 2.35 bits per heavy atom. The number of ether oxygens (including phenoxy) is 1. The molecule has 0 saturated heterocycles. The van der Waals surface area contributed by atoms with Gasteiger partial charge >= 0.3 is 5.97 Å². The lowest BCUT2D eigenvalue weighted by atomic mass is 10.1. The molecule has 0 bridgehead atoms. The van der Waals surface area contributed by atoms with E-state index in [0.29, 0.717) is 12.2 Å². The summed E-state index contributed by atoms with van der Waals surface area (Å²) in [6, 6.07) is 5.45. The smallest absolute Gasteiger partial charge is 0.337 e. The Bertz CT molecular complexity index is 492. The number of benzene rings is 1. The lowest BCUT2D eigenvalue weighted by Crippen LogP contribution is -2.40. The van der Waals surface area contributed by atoms with Crippen LogP contribution >= 0.6 is 15.9 Å². The van der Waals surface area contributed by atoms with Crippen molar-refractivity contribution in [3.63, 3.8) is 0 Å². The molecular formula is C15H23BrO3Si. The lowest BCUT2D eigenvalue weighted by Gasteiger charge is -2.36. The molecule has 3 nitrogen and oxygen atoms in total. The van der Waals surface area contributed by atoms with E-state index in [-0.39, 0.29) is 11.0 Å². The Balaban J connectivity index is 2.83. The second kappa shape index (κ2) is 6.41. The van der Waals surface area contributed by atoms with Crippen LogP contribution in [0.15, 0.2) is 22.7 Å². The molecule has 112 valence electrons. The fraction of sp³-hybridized carbons (Fsp3) is 0.533. The molecule has 0 heterocycles. The molecule has 20 heavy (non-hydrogen) atoms. The molecule has 1 rings (SSSR count). The fourth-order valence-corrected chi connectivity index (χ4v) is 2.83. The van der Waals surface area contributed by atoms with Crippen LogP contribution in [0, 0.1) is 0 Å². The van der Waals surface area contributed by atoms with Gasteiger partial charge in [0.25, 0.3) is 0 Å². The molecule has 0 unspecified atom stereocenters. The van der Waals surface area contributed by atoms with Gasteiger partial charge in [-0.25, -0.2) is 4.79 Å². The largest absolute Gasteiger partial charge is 0.465 e. The van der Waals surface area contributed by atoms with Crippen molar-refractivity contribution in [2.75, 3.05) is 7.11 Å².